The van der Waals surface area contributed by atoms with Crippen molar-refractivity contribution in [3.63, 3.8) is 0 Å². The van der Waals surface area contributed by atoms with Gasteiger partial charge in [0.1, 0.15) is 6.04 Å². The number of likely N-dealkylation sites (tertiary alicyclic amines) is 2. The SMILES string of the molecule is CCOC(=O)C(CC(=O)NC(=O)NCC(CCCN1CCC(O)(c2ccc(Cl)cc2)CC1)(c1ccccc1)c1ccccc1)N1CCCCC1. The summed E-state index contributed by atoms with van der Waals surface area (Å²) in [4.78, 5) is 43.6. The number of hydrogen-bond donors (Lipinski definition) is 3. The number of piperidine rings is 2. The predicted molar refractivity (Wildman–Crippen MR) is 196 cm³/mol. The Bertz CT molecular complexity index is 1480. The van der Waals surface area contributed by atoms with E-state index < -0.39 is 35.0 Å². The molecule has 1 unspecified atom stereocenters. The number of halogens is 1. The molecule has 2 heterocycles. The number of carbonyl (C=O) groups is 3. The van der Waals surface area contributed by atoms with E-state index in [-0.39, 0.29) is 19.6 Å². The molecule has 0 saturated carbocycles. The zero-order chi connectivity index (χ0) is 35.4. The Labute approximate surface area is 301 Å². The summed E-state index contributed by atoms with van der Waals surface area (Å²) in [6, 6.07) is 26.5. The van der Waals surface area contributed by atoms with E-state index in [1.807, 2.05) is 65.6 Å². The first kappa shape index (κ1) is 37.5. The number of carbonyl (C=O) groups excluding carboxylic acids is 3. The molecule has 50 heavy (non-hydrogen) atoms. The zero-order valence-electron chi connectivity index (χ0n) is 29.1. The monoisotopic (exact) mass is 702 g/mol. The quantitative estimate of drug-likeness (QED) is 0.176. The van der Waals surface area contributed by atoms with Gasteiger partial charge in [-0.2, -0.15) is 0 Å². The molecule has 3 aromatic rings. The maximum Gasteiger partial charge on any atom is 0.323 e. The van der Waals surface area contributed by atoms with Gasteiger partial charge in [0.25, 0.3) is 0 Å². The molecule has 3 amide bonds. The third kappa shape index (κ3) is 9.72. The van der Waals surface area contributed by atoms with Gasteiger partial charge >= 0.3 is 12.0 Å². The number of aliphatic hydroxyl groups is 1. The molecular formula is C40H51ClN4O5. The fourth-order valence-electron chi connectivity index (χ4n) is 7.52. The molecule has 3 N–H and O–H groups in total. The first-order valence-electron chi connectivity index (χ1n) is 18.0. The van der Waals surface area contributed by atoms with Crippen molar-refractivity contribution in [2.24, 2.45) is 0 Å². The van der Waals surface area contributed by atoms with Gasteiger partial charge in [0.2, 0.25) is 5.91 Å². The molecule has 2 aliphatic heterocycles. The van der Waals surface area contributed by atoms with Crippen LogP contribution in [-0.4, -0.2) is 84.7 Å². The van der Waals surface area contributed by atoms with E-state index in [0.717, 1.165) is 81.5 Å². The highest BCUT2D eigenvalue weighted by atomic mass is 35.5. The lowest BCUT2D eigenvalue weighted by molar-refractivity contribution is -0.151. The van der Waals surface area contributed by atoms with E-state index in [4.69, 9.17) is 16.3 Å². The van der Waals surface area contributed by atoms with Crippen molar-refractivity contribution in [2.45, 2.75) is 75.3 Å². The average Bonchev–Trinajstić information content (AvgIpc) is 3.14. The summed E-state index contributed by atoms with van der Waals surface area (Å²) in [5.41, 5.74) is 1.61. The lowest BCUT2D eigenvalue weighted by Crippen LogP contribution is -2.50. The molecule has 1 atom stereocenters. The molecule has 2 fully saturated rings. The van der Waals surface area contributed by atoms with Crippen LogP contribution in [0.1, 0.15) is 75.0 Å². The minimum absolute atomic E-state index is 0.141. The van der Waals surface area contributed by atoms with Crippen molar-refractivity contribution in [1.29, 1.82) is 0 Å². The van der Waals surface area contributed by atoms with Gasteiger partial charge in [-0.3, -0.25) is 19.8 Å². The van der Waals surface area contributed by atoms with Gasteiger partial charge in [0.05, 0.1) is 18.6 Å². The van der Waals surface area contributed by atoms with Crippen LogP contribution in [0.3, 0.4) is 0 Å². The molecule has 0 spiro atoms. The van der Waals surface area contributed by atoms with Crippen LogP contribution in [0.5, 0.6) is 0 Å². The maximum atomic E-state index is 13.3. The van der Waals surface area contributed by atoms with Crippen LogP contribution in [0, 0.1) is 0 Å². The topological polar surface area (TPSA) is 111 Å². The van der Waals surface area contributed by atoms with E-state index in [1.54, 1.807) is 6.92 Å². The standard InChI is InChI=1S/C40H51ClN4O5/c1-2-50-37(47)35(45-25-10-5-11-26-45)29-36(46)43-38(48)42-30-39(31-13-6-3-7-14-31,32-15-8-4-9-16-32)21-12-24-44-27-22-40(49,23-28-44)33-17-19-34(41)20-18-33/h3-4,6-9,13-20,35,49H,2,5,10-12,21-30H2,1H3,(H2,42,43,46,48). The van der Waals surface area contributed by atoms with E-state index in [1.165, 1.54) is 0 Å². The molecule has 9 nitrogen and oxygen atoms in total. The fourth-order valence-corrected chi connectivity index (χ4v) is 7.65. The smallest absolute Gasteiger partial charge is 0.323 e. The van der Waals surface area contributed by atoms with E-state index in [9.17, 15) is 19.5 Å². The number of urea groups is 1. The summed E-state index contributed by atoms with van der Waals surface area (Å²) in [6.45, 7) is 6.08. The summed E-state index contributed by atoms with van der Waals surface area (Å²) >= 11 is 6.08. The number of nitrogens with zero attached hydrogens (tertiary/aromatic N) is 2. The second-order valence-electron chi connectivity index (χ2n) is 13.6. The van der Waals surface area contributed by atoms with E-state index >= 15 is 0 Å². The maximum absolute atomic E-state index is 13.3. The van der Waals surface area contributed by atoms with Gasteiger partial charge in [-0.15, -0.1) is 0 Å². The highest BCUT2D eigenvalue weighted by Crippen LogP contribution is 2.38. The van der Waals surface area contributed by atoms with Gasteiger partial charge in [-0.05, 0) is 93.9 Å². The van der Waals surface area contributed by atoms with Crippen LogP contribution in [0.15, 0.2) is 84.9 Å². The van der Waals surface area contributed by atoms with Crippen LogP contribution in [0.4, 0.5) is 4.79 Å². The third-order valence-electron chi connectivity index (χ3n) is 10.4. The first-order valence-corrected chi connectivity index (χ1v) is 18.4. The molecule has 3 aromatic carbocycles. The Hall–Kier alpha value is -3.76. The minimum atomic E-state index is -0.863. The number of imide groups is 1. The van der Waals surface area contributed by atoms with Gasteiger partial charge in [0, 0.05) is 30.1 Å². The molecule has 0 radical (unpaired) electrons. The fraction of sp³-hybridized carbons (Fsp3) is 0.475. The largest absolute Gasteiger partial charge is 0.465 e. The summed E-state index contributed by atoms with van der Waals surface area (Å²) in [7, 11) is 0. The van der Waals surface area contributed by atoms with Crippen LogP contribution >= 0.6 is 11.6 Å². The van der Waals surface area contributed by atoms with Crippen LogP contribution in [0.25, 0.3) is 0 Å². The van der Waals surface area contributed by atoms with E-state index in [0.29, 0.717) is 17.9 Å². The molecule has 0 aliphatic carbocycles. The lowest BCUT2D eigenvalue weighted by Gasteiger charge is -2.40. The Morgan fingerprint density at radius 3 is 2.06 bits per heavy atom. The van der Waals surface area contributed by atoms with Crippen molar-refractivity contribution in [2.75, 3.05) is 45.9 Å². The number of esters is 1. The normalized spacial score (nSPS) is 17.4. The highest BCUT2D eigenvalue weighted by Gasteiger charge is 2.37. The number of nitrogens with one attached hydrogen (secondary N) is 2. The molecule has 5 rings (SSSR count). The molecular weight excluding hydrogens is 652 g/mol. The van der Waals surface area contributed by atoms with Crippen molar-refractivity contribution in [3.05, 3.63) is 107 Å². The lowest BCUT2D eigenvalue weighted by atomic mass is 9.71. The van der Waals surface area contributed by atoms with Crippen molar-refractivity contribution < 1.29 is 24.2 Å². The highest BCUT2D eigenvalue weighted by molar-refractivity contribution is 6.30. The Balaban J connectivity index is 1.25. The number of hydrogen-bond acceptors (Lipinski definition) is 7. The third-order valence-corrected chi connectivity index (χ3v) is 10.6. The van der Waals surface area contributed by atoms with Gasteiger partial charge in [0.15, 0.2) is 0 Å². The minimum Gasteiger partial charge on any atom is -0.465 e. The molecule has 268 valence electrons. The number of benzene rings is 3. The molecule has 0 aromatic heterocycles. The summed E-state index contributed by atoms with van der Waals surface area (Å²) in [6.07, 6.45) is 5.75. The van der Waals surface area contributed by atoms with Crippen molar-refractivity contribution in [1.82, 2.24) is 20.4 Å². The van der Waals surface area contributed by atoms with Crippen molar-refractivity contribution >= 4 is 29.5 Å². The zero-order valence-corrected chi connectivity index (χ0v) is 29.9. The van der Waals surface area contributed by atoms with Gasteiger partial charge < -0.3 is 20.1 Å². The second kappa shape index (κ2) is 17.9. The number of amides is 3. The molecule has 0 bridgehead atoms. The Morgan fingerprint density at radius 2 is 1.48 bits per heavy atom. The Kier molecular flexibility index (Phi) is 13.5. The molecule has 2 aliphatic rings. The summed E-state index contributed by atoms with van der Waals surface area (Å²) in [5, 5.41) is 17.6. The van der Waals surface area contributed by atoms with E-state index in [2.05, 4.69) is 39.8 Å². The number of ether oxygens (including phenoxy) is 1. The van der Waals surface area contributed by atoms with Crippen LogP contribution < -0.4 is 10.6 Å². The van der Waals surface area contributed by atoms with Crippen molar-refractivity contribution in [3.8, 4) is 0 Å². The van der Waals surface area contributed by atoms with Crippen LogP contribution in [-0.2, 0) is 25.3 Å². The summed E-state index contributed by atoms with van der Waals surface area (Å²) in [5.74, 6) is -0.944. The first-order chi connectivity index (χ1) is 24.2. The van der Waals surface area contributed by atoms with Gasteiger partial charge in [-0.1, -0.05) is 90.8 Å². The van der Waals surface area contributed by atoms with Gasteiger partial charge in [-0.25, -0.2) is 4.79 Å². The Morgan fingerprint density at radius 1 is 0.880 bits per heavy atom. The molecule has 2 saturated heterocycles. The van der Waals surface area contributed by atoms with Crippen LogP contribution in [0.2, 0.25) is 5.02 Å². The average molecular weight is 703 g/mol. The second-order valence-corrected chi connectivity index (χ2v) is 14.0. The predicted octanol–water partition coefficient (Wildman–Crippen LogP) is 6.02. The summed E-state index contributed by atoms with van der Waals surface area (Å²) < 4.78 is 5.29. The number of rotatable bonds is 14. The molecule has 10 heteroatoms.